The minimum atomic E-state index is 0.668. The van der Waals surface area contributed by atoms with Gasteiger partial charge in [-0.1, -0.05) is 15.9 Å². The van der Waals surface area contributed by atoms with Crippen molar-refractivity contribution in [3.63, 3.8) is 0 Å². The lowest BCUT2D eigenvalue weighted by Crippen LogP contribution is -2.48. The maximum Gasteiger partial charge on any atom is 0.0113 e. The molecule has 86 valence electrons. The van der Waals surface area contributed by atoms with Crippen LogP contribution < -0.4 is 0 Å². The summed E-state index contributed by atoms with van der Waals surface area (Å²) < 4.78 is 0. The molecule has 0 radical (unpaired) electrons. The zero-order valence-electron chi connectivity index (χ0n) is 9.42. The predicted molar refractivity (Wildman–Crippen MR) is 66.5 cm³/mol. The van der Waals surface area contributed by atoms with E-state index in [1.807, 2.05) is 0 Å². The summed E-state index contributed by atoms with van der Waals surface area (Å²) in [6.45, 7) is 6.61. The zero-order chi connectivity index (χ0) is 10.3. The molecule has 3 aliphatic rings. The molecule has 15 heavy (non-hydrogen) atoms. The molecule has 2 saturated carbocycles. The minimum absolute atomic E-state index is 0.668. The van der Waals surface area contributed by atoms with Gasteiger partial charge in [-0.15, -0.1) is 0 Å². The van der Waals surface area contributed by atoms with Crippen molar-refractivity contribution in [1.82, 2.24) is 9.80 Å². The van der Waals surface area contributed by atoms with Crippen molar-refractivity contribution in [1.29, 1.82) is 0 Å². The van der Waals surface area contributed by atoms with Crippen LogP contribution in [-0.4, -0.2) is 53.9 Å². The number of piperazine rings is 1. The number of hydrogen-bond acceptors (Lipinski definition) is 2. The first-order valence-corrected chi connectivity index (χ1v) is 7.46. The Bertz CT molecular complexity index is 228. The van der Waals surface area contributed by atoms with Gasteiger partial charge in [-0.2, -0.15) is 0 Å². The molecule has 0 N–H and O–H groups in total. The number of hydrogen-bond donors (Lipinski definition) is 0. The highest BCUT2D eigenvalue weighted by molar-refractivity contribution is 9.09. The van der Waals surface area contributed by atoms with E-state index in [4.69, 9.17) is 0 Å². The SMILES string of the molecule is BrCC1(CN2CCN(C3CC3)CC2)CC1. The largest absolute Gasteiger partial charge is 0.300 e. The molecule has 0 atom stereocenters. The molecule has 2 nitrogen and oxygen atoms in total. The number of rotatable bonds is 4. The van der Waals surface area contributed by atoms with Crippen molar-refractivity contribution in [2.45, 2.75) is 31.7 Å². The molecule has 1 heterocycles. The third-order valence-corrected chi connectivity index (χ3v) is 5.46. The van der Waals surface area contributed by atoms with Crippen LogP contribution in [0.4, 0.5) is 0 Å². The molecule has 0 unspecified atom stereocenters. The fourth-order valence-corrected chi connectivity index (χ4v) is 3.45. The van der Waals surface area contributed by atoms with Gasteiger partial charge in [0.15, 0.2) is 0 Å². The molecule has 1 aliphatic heterocycles. The van der Waals surface area contributed by atoms with Crippen molar-refractivity contribution in [3.8, 4) is 0 Å². The quantitative estimate of drug-likeness (QED) is 0.722. The Hall–Kier alpha value is 0.400. The van der Waals surface area contributed by atoms with E-state index in [-0.39, 0.29) is 0 Å². The van der Waals surface area contributed by atoms with Crippen LogP contribution in [0, 0.1) is 5.41 Å². The van der Waals surface area contributed by atoms with E-state index in [1.165, 1.54) is 63.7 Å². The maximum atomic E-state index is 3.67. The maximum absolute atomic E-state index is 3.67. The molecule has 0 amide bonds. The van der Waals surface area contributed by atoms with Crippen LogP contribution in [0.25, 0.3) is 0 Å². The molecular weight excluding hydrogens is 252 g/mol. The molecule has 0 spiro atoms. The first-order chi connectivity index (χ1) is 7.31. The summed E-state index contributed by atoms with van der Waals surface area (Å²) in [5.74, 6) is 0. The van der Waals surface area contributed by atoms with E-state index in [9.17, 15) is 0 Å². The van der Waals surface area contributed by atoms with Gasteiger partial charge in [-0.05, 0) is 31.1 Å². The summed E-state index contributed by atoms with van der Waals surface area (Å²) in [5.41, 5.74) is 0.668. The van der Waals surface area contributed by atoms with Crippen LogP contribution in [0.3, 0.4) is 0 Å². The summed E-state index contributed by atoms with van der Waals surface area (Å²) >= 11 is 3.67. The Morgan fingerprint density at radius 1 is 1.07 bits per heavy atom. The van der Waals surface area contributed by atoms with Crippen molar-refractivity contribution >= 4 is 15.9 Å². The van der Waals surface area contributed by atoms with Crippen molar-refractivity contribution in [2.24, 2.45) is 5.41 Å². The summed E-state index contributed by atoms with van der Waals surface area (Å²) in [4.78, 5) is 5.39. The van der Waals surface area contributed by atoms with E-state index in [0.717, 1.165) is 6.04 Å². The first-order valence-electron chi connectivity index (χ1n) is 6.34. The lowest BCUT2D eigenvalue weighted by Gasteiger charge is -2.36. The van der Waals surface area contributed by atoms with E-state index in [2.05, 4.69) is 25.7 Å². The summed E-state index contributed by atoms with van der Waals surface area (Å²) in [5, 5.41) is 1.21. The van der Waals surface area contributed by atoms with Gasteiger partial charge < -0.3 is 4.90 Å². The Kier molecular flexibility index (Phi) is 2.82. The lowest BCUT2D eigenvalue weighted by molar-refractivity contribution is 0.112. The highest BCUT2D eigenvalue weighted by Gasteiger charge is 2.43. The Morgan fingerprint density at radius 2 is 1.73 bits per heavy atom. The molecule has 0 aromatic rings. The Morgan fingerprint density at radius 3 is 2.20 bits per heavy atom. The van der Waals surface area contributed by atoms with Crippen molar-refractivity contribution < 1.29 is 0 Å². The van der Waals surface area contributed by atoms with Gasteiger partial charge >= 0.3 is 0 Å². The second kappa shape index (κ2) is 4.01. The van der Waals surface area contributed by atoms with Crippen LogP contribution >= 0.6 is 15.9 Å². The van der Waals surface area contributed by atoms with Crippen LogP contribution in [0.5, 0.6) is 0 Å². The topological polar surface area (TPSA) is 6.48 Å². The fourth-order valence-electron chi connectivity index (χ4n) is 2.71. The Balaban J connectivity index is 1.45. The zero-order valence-corrected chi connectivity index (χ0v) is 11.0. The fraction of sp³-hybridized carbons (Fsp3) is 1.00. The molecule has 0 bridgehead atoms. The smallest absolute Gasteiger partial charge is 0.0113 e. The lowest BCUT2D eigenvalue weighted by atomic mass is 10.1. The van der Waals surface area contributed by atoms with Crippen LogP contribution in [0.15, 0.2) is 0 Å². The molecule has 3 rings (SSSR count). The van der Waals surface area contributed by atoms with Gasteiger partial charge in [0.1, 0.15) is 0 Å². The van der Waals surface area contributed by atoms with Crippen LogP contribution in [0.1, 0.15) is 25.7 Å². The van der Waals surface area contributed by atoms with E-state index < -0.39 is 0 Å². The molecule has 3 heteroatoms. The van der Waals surface area contributed by atoms with Gasteiger partial charge in [-0.25, -0.2) is 0 Å². The number of halogens is 1. The highest BCUT2D eigenvalue weighted by Crippen LogP contribution is 2.47. The molecule has 2 aliphatic carbocycles. The molecular formula is C12H21BrN2. The van der Waals surface area contributed by atoms with Gasteiger partial charge in [0.2, 0.25) is 0 Å². The van der Waals surface area contributed by atoms with E-state index in [0.29, 0.717) is 5.41 Å². The standard InChI is InChI=1S/C12H21BrN2/c13-9-12(3-4-12)10-14-5-7-15(8-6-14)11-1-2-11/h11H,1-10H2. The van der Waals surface area contributed by atoms with Crippen molar-refractivity contribution in [3.05, 3.63) is 0 Å². The second-order valence-electron chi connectivity index (χ2n) is 5.68. The number of nitrogens with zero attached hydrogens (tertiary/aromatic N) is 2. The Labute approximate surface area is 101 Å². The predicted octanol–water partition coefficient (Wildman–Crippen LogP) is 1.94. The molecule has 1 saturated heterocycles. The average Bonchev–Trinajstić information content (AvgIpc) is 3.14. The summed E-state index contributed by atoms with van der Waals surface area (Å²) in [6, 6.07) is 0.971. The first kappa shape index (κ1) is 10.5. The van der Waals surface area contributed by atoms with Crippen LogP contribution in [0.2, 0.25) is 0 Å². The average molecular weight is 273 g/mol. The normalized spacial score (nSPS) is 31.8. The van der Waals surface area contributed by atoms with Crippen molar-refractivity contribution in [2.75, 3.05) is 38.1 Å². The minimum Gasteiger partial charge on any atom is -0.300 e. The summed E-state index contributed by atoms with van der Waals surface area (Å²) in [6.07, 6.45) is 5.82. The molecule has 3 fully saturated rings. The van der Waals surface area contributed by atoms with E-state index >= 15 is 0 Å². The van der Waals surface area contributed by atoms with E-state index in [1.54, 1.807) is 0 Å². The second-order valence-corrected chi connectivity index (χ2v) is 6.24. The molecule has 0 aromatic carbocycles. The summed E-state index contributed by atoms with van der Waals surface area (Å²) in [7, 11) is 0. The third kappa shape index (κ3) is 2.40. The van der Waals surface area contributed by atoms with Crippen LogP contribution in [-0.2, 0) is 0 Å². The number of alkyl halides is 1. The third-order valence-electron chi connectivity index (χ3n) is 4.27. The van der Waals surface area contributed by atoms with Gasteiger partial charge in [0.25, 0.3) is 0 Å². The monoisotopic (exact) mass is 272 g/mol. The van der Waals surface area contributed by atoms with Gasteiger partial charge in [0, 0.05) is 44.1 Å². The highest BCUT2D eigenvalue weighted by atomic mass is 79.9. The molecule has 0 aromatic heterocycles. The van der Waals surface area contributed by atoms with Gasteiger partial charge in [-0.3, -0.25) is 4.90 Å². The van der Waals surface area contributed by atoms with Gasteiger partial charge in [0.05, 0.1) is 0 Å².